The van der Waals surface area contributed by atoms with Crippen LogP contribution in [-0.2, 0) is 4.79 Å². The van der Waals surface area contributed by atoms with Crippen LogP contribution in [0, 0.1) is 5.92 Å². The highest BCUT2D eigenvalue weighted by Crippen LogP contribution is 2.28. The third-order valence-electron chi connectivity index (χ3n) is 4.25. The van der Waals surface area contributed by atoms with Crippen molar-refractivity contribution in [1.82, 2.24) is 4.90 Å². The zero-order chi connectivity index (χ0) is 14.8. The SMILES string of the molecule is NC1C=CC(C(=O)N2CCN(c3ccccc3O)CC2)C1. The molecular weight excluding hydrogens is 266 g/mol. The van der Waals surface area contributed by atoms with E-state index in [1.54, 1.807) is 6.07 Å². The van der Waals surface area contributed by atoms with Crippen LogP contribution in [0.2, 0.25) is 0 Å². The van der Waals surface area contributed by atoms with Crippen LogP contribution >= 0.6 is 0 Å². The number of piperazine rings is 1. The van der Waals surface area contributed by atoms with Crippen LogP contribution in [0.15, 0.2) is 36.4 Å². The van der Waals surface area contributed by atoms with Crippen molar-refractivity contribution in [3.8, 4) is 5.75 Å². The normalized spacial score (nSPS) is 25.4. The maximum atomic E-state index is 12.4. The Kier molecular flexibility index (Phi) is 3.84. The van der Waals surface area contributed by atoms with Gasteiger partial charge in [0.15, 0.2) is 0 Å². The monoisotopic (exact) mass is 287 g/mol. The minimum Gasteiger partial charge on any atom is -0.506 e. The quantitative estimate of drug-likeness (QED) is 0.794. The number of nitrogens with two attached hydrogens (primary N) is 1. The third-order valence-corrected chi connectivity index (χ3v) is 4.25. The Labute approximate surface area is 124 Å². The lowest BCUT2D eigenvalue weighted by atomic mass is 10.1. The first-order valence-corrected chi connectivity index (χ1v) is 7.41. The van der Waals surface area contributed by atoms with Gasteiger partial charge in [-0.1, -0.05) is 24.3 Å². The summed E-state index contributed by atoms with van der Waals surface area (Å²) in [6.45, 7) is 2.86. The van der Waals surface area contributed by atoms with E-state index < -0.39 is 0 Å². The molecule has 1 aliphatic heterocycles. The van der Waals surface area contributed by atoms with Crippen LogP contribution in [0.3, 0.4) is 0 Å². The summed E-state index contributed by atoms with van der Waals surface area (Å²) >= 11 is 0. The summed E-state index contributed by atoms with van der Waals surface area (Å²) in [5.41, 5.74) is 6.65. The number of para-hydroxylation sites is 2. The molecule has 1 saturated heterocycles. The lowest BCUT2D eigenvalue weighted by Crippen LogP contribution is -2.50. The number of hydrogen-bond donors (Lipinski definition) is 2. The van der Waals surface area contributed by atoms with Crippen LogP contribution in [0.1, 0.15) is 6.42 Å². The average Bonchev–Trinajstić information content (AvgIpc) is 2.94. The molecule has 2 unspecified atom stereocenters. The van der Waals surface area contributed by atoms with Crippen LogP contribution in [-0.4, -0.2) is 48.1 Å². The molecule has 3 rings (SSSR count). The summed E-state index contributed by atoms with van der Waals surface area (Å²) in [5.74, 6) is 0.412. The minimum absolute atomic E-state index is 0.0153. The number of carbonyl (C=O) groups excluding carboxylic acids is 1. The molecule has 1 aromatic carbocycles. The molecule has 1 aromatic rings. The molecule has 1 fully saturated rings. The van der Waals surface area contributed by atoms with Gasteiger partial charge in [-0.15, -0.1) is 0 Å². The molecule has 2 atom stereocenters. The number of rotatable bonds is 2. The number of nitrogens with zero attached hydrogens (tertiary/aromatic N) is 2. The maximum absolute atomic E-state index is 12.4. The molecule has 5 heteroatoms. The van der Waals surface area contributed by atoms with Gasteiger partial charge >= 0.3 is 0 Å². The number of carbonyl (C=O) groups is 1. The van der Waals surface area contributed by atoms with E-state index >= 15 is 0 Å². The van der Waals surface area contributed by atoms with Crippen LogP contribution in [0.5, 0.6) is 5.75 Å². The summed E-state index contributed by atoms with van der Waals surface area (Å²) in [7, 11) is 0. The molecule has 1 amide bonds. The second kappa shape index (κ2) is 5.77. The van der Waals surface area contributed by atoms with Gasteiger partial charge in [0.1, 0.15) is 5.75 Å². The Morgan fingerprint density at radius 1 is 1.14 bits per heavy atom. The number of amides is 1. The van der Waals surface area contributed by atoms with Crippen LogP contribution in [0.25, 0.3) is 0 Å². The van der Waals surface area contributed by atoms with Gasteiger partial charge in [0.2, 0.25) is 5.91 Å². The van der Waals surface area contributed by atoms with E-state index in [1.807, 2.05) is 35.3 Å². The van der Waals surface area contributed by atoms with Crippen LogP contribution < -0.4 is 10.6 Å². The number of phenols is 1. The molecular formula is C16H21N3O2. The molecule has 0 saturated carbocycles. The number of anilines is 1. The molecule has 112 valence electrons. The van der Waals surface area contributed by atoms with Gasteiger partial charge in [-0.3, -0.25) is 4.79 Å². The molecule has 2 aliphatic rings. The van der Waals surface area contributed by atoms with Gasteiger partial charge in [-0.2, -0.15) is 0 Å². The molecule has 21 heavy (non-hydrogen) atoms. The third kappa shape index (κ3) is 2.88. The summed E-state index contributed by atoms with van der Waals surface area (Å²) < 4.78 is 0. The summed E-state index contributed by atoms with van der Waals surface area (Å²) in [4.78, 5) is 16.4. The Morgan fingerprint density at radius 3 is 2.48 bits per heavy atom. The van der Waals surface area contributed by atoms with Crippen molar-refractivity contribution in [2.45, 2.75) is 12.5 Å². The van der Waals surface area contributed by atoms with Gasteiger partial charge in [0.25, 0.3) is 0 Å². The average molecular weight is 287 g/mol. The largest absolute Gasteiger partial charge is 0.506 e. The van der Waals surface area contributed by atoms with Gasteiger partial charge < -0.3 is 20.6 Å². The highest BCUT2D eigenvalue weighted by Gasteiger charge is 2.29. The molecule has 0 aromatic heterocycles. The number of benzene rings is 1. The molecule has 1 heterocycles. The molecule has 0 radical (unpaired) electrons. The van der Waals surface area contributed by atoms with Crippen LogP contribution in [0.4, 0.5) is 5.69 Å². The van der Waals surface area contributed by atoms with E-state index in [1.165, 1.54) is 0 Å². The van der Waals surface area contributed by atoms with E-state index in [0.29, 0.717) is 18.8 Å². The molecule has 3 N–H and O–H groups in total. The minimum atomic E-state index is -0.0586. The van der Waals surface area contributed by atoms with Crippen molar-refractivity contribution in [2.24, 2.45) is 11.7 Å². The summed E-state index contributed by atoms with van der Waals surface area (Å²) in [6, 6.07) is 7.34. The standard InChI is InChI=1S/C16H21N3O2/c17-13-6-5-12(11-13)16(21)19-9-7-18(8-10-19)14-3-1-2-4-15(14)20/h1-6,12-13,20H,7-11,17H2. The fourth-order valence-corrected chi connectivity index (χ4v) is 3.04. The maximum Gasteiger partial charge on any atom is 0.229 e. The molecule has 5 nitrogen and oxygen atoms in total. The van der Waals surface area contributed by atoms with Gasteiger partial charge in [-0.05, 0) is 18.6 Å². The summed E-state index contributed by atoms with van der Waals surface area (Å²) in [6.07, 6.45) is 4.57. The molecule has 1 aliphatic carbocycles. The fourth-order valence-electron chi connectivity index (χ4n) is 3.04. The molecule has 0 spiro atoms. The Balaban J connectivity index is 1.59. The number of hydrogen-bond acceptors (Lipinski definition) is 4. The highest BCUT2D eigenvalue weighted by atomic mass is 16.3. The predicted octanol–water partition coefficient (Wildman–Crippen LogP) is 0.944. The van der Waals surface area contributed by atoms with Crippen molar-refractivity contribution in [3.05, 3.63) is 36.4 Å². The van der Waals surface area contributed by atoms with Gasteiger partial charge in [0, 0.05) is 32.2 Å². The second-order valence-electron chi connectivity index (χ2n) is 5.69. The van der Waals surface area contributed by atoms with Crippen molar-refractivity contribution in [3.63, 3.8) is 0 Å². The van der Waals surface area contributed by atoms with E-state index in [-0.39, 0.29) is 17.9 Å². The van der Waals surface area contributed by atoms with Crippen molar-refractivity contribution < 1.29 is 9.90 Å². The first-order valence-electron chi connectivity index (χ1n) is 7.41. The van der Waals surface area contributed by atoms with E-state index in [9.17, 15) is 9.90 Å². The van der Waals surface area contributed by atoms with Crippen molar-refractivity contribution in [2.75, 3.05) is 31.1 Å². The zero-order valence-electron chi connectivity index (χ0n) is 12.0. The number of aromatic hydroxyl groups is 1. The molecule has 0 bridgehead atoms. The van der Waals surface area contributed by atoms with E-state index in [2.05, 4.69) is 4.90 Å². The van der Waals surface area contributed by atoms with E-state index in [0.717, 1.165) is 25.2 Å². The first kappa shape index (κ1) is 13.9. The lowest BCUT2D eigenvalue weighted by molar-refractivity contribution is -0.134. The van der Waals surface area contributed by atoms with E-state index in [4.69, 9.17) is 5.73 Å². The zero-order valence-corrected chi connectivity index (χ0v) is 12.0. The highest BCUT2D eigenvalue weighted by molar-refractivity contribution is 5.81. The predicted molar refractivity (Wildman–Crippen MR) is 82.1 cm³/mol. The number of phenolic OH excluding ortho intramolecular Hbond substituents is 1. The summed E-state index contributed by atoms with van der Waals surface area (Å²) in [5, 5.41) is 9.89. The van der Waals surface area contributed by atoms with Gasteiger partial charge in [0.05, 0.1) is 11.6 Å². The topological polar surface area (TPSA) is 69.8 Å². The Bertz CT molecular complexity index is 550. The first-order chi connectivity index (χ1) is 10.1. The Hall–Kier alpha value is -2.01. The van der Waals surface area contributed by atoms with Gasteiger partial charge in [-0.25, -0.2) is 0 Å². The fraction of sp³-hybridized carbons (Fsp3) is 0.438. The van der Waals surface area contributed by atoms with Crippen molar-refractivity contribution >= 4 is 11.6 Å². The smallest absolute Gasteiger partial charge is 0.229 e. The van der Waals surface area contributed by atoms with Crippen molar-refractivity contribution in [1.29, 1.82) is 0 Å². The lowest BCUT2D eigenvalue weighted by Gasteiger charge is -2.37. The Morgan fingerprint density at radius 2 is 1.86 bits per heavy atom. The second-order valence-corrected chi connectivity index (χ2v) is 5.69.